The zero-order chi connectivity index (χ0) is 17.2. The van der Waals surface area contributed by atoms with Crippen molar-refractivity contribution in [3.63, 3.8) is 0 Å². The third kappa shape index (κ3) is 11.8. The number of hydrogen-bond acceptors (Lipinski definition) is 5. The largest absolute Gasteiger partial charge is 0.357 e. The number of sulfone groups is 1. The van der Waals surface area contributed by atoms with E-state index in [9.17, 15) is 16.8 Å². The highest BCUT2D eigenvalue weighted by Gasteiger charge is 2.09. The quantitative estimate of drug-likeness (QED) is 0.271. The molecule has 8 nitrogen and oxygen atoms in total. The van der Waals surface area contributed by atoms with Gasteiger partial charge in [-0.05, 0) is 27.2 Å². The molecular weight excluding hydrogens is 328 g/mol. The van der Waals surface area contributed by atoms with Crippen LogP contribution in [0.5, 0.6) is 0 Å². The molecule has 0 aromatic heterocycles. The fourth-order valence-corrected chi connectivity index (χ4v) is 2.88. The molecule has 0 aliphatic heterocycles. The molecule has 0 fully saturated rings. The van der Waals surface area contributed by atoms with Gasteiger partial charge in [0.2, 0.25) is 10.0 Å². The molecule has 0 amide bonds. The lowest BCUT2D eigenvalue weighted by Gasteiger charge is -2.17. The van der Waals surface area contributed by atoms with E-state index in [0.717, 1.165) is 0 Å². The molecule has 3 N–H and O–H groups in total. The van der Waals surface area contributed by atoms with Crippen molar-refractivity contribution in [2.24, 2.45) is 4.99 Å². The van der Waals surface area contributed by atoms with Crippen molar-refractivity contribution in [3.8, 4) is 0 Å². The Morgan fingerprint density at radius 3 is 2.32 bits per heavy atom. The molecule has 0 radical (unpaired) electrons. The minimum atomic E-state index is -3.20. The molecule has 22 heavy (non-hydrogen) atoms. The number of guanidine groups is 1. The van der Waals surface area contributed by atoms with E-state index in [0.29, 0.717) is 25.5 Å². The van der Waals surface area contributed by atoms with Crippen molar-refractivity contribution >= 4 is 25.8 Å². The molecule has 0 rings (SSSR count). The van der Waals surface area contributed by atoms with E-state index in [1.54, 1.807) is 6.92 Å². The first-order valence-electron chi connectivity index (χ1n) is 7.29. The van der Waals surface area contributed by atoms with Crippen LogP contribution in [0.2, 0.25) is 0 Å². The Labute approximate surface area is 134 Å². The van der Waals surface area contributed by atoms with Crippen molar-refractivity contribution in [1.29, 1.82) is 0 Å². The van der Waals surface area contributed by atoms with E-state index in [1.807, 2.05) is 13.8 Å². The Kier molecular flexibility index (Phi) is 9.61. The van der Waals surface area contributed by atoms with Gasteiger partial charge in [0, 0.05) is 25.4 Å². The number of hydrogen-bond donors (Lipinski definition) is 3. The Morgan fingerprint density at radius 2 is 1.82 bits per heavy atom. The Balaban J connectivity index is 4.37. The van der Waals surface area contributed by atoms with Crippen LogP contribution in [-0.2, 0) is 19.9 Å². The first kappa shape index (κ1) is 21.1. The number of aliphatic imine (C=N–C) groups is 1. The zero-order valence-electron chi connectivity index (χ0n) is 13.7. The topological polar surface area (TPSA) is 117 Å². The summed E-state index contributed by atoms with van der Waals surface area (Å²) >= 11 is 0. The van der Waals surface area contributed by atoms with Crippen LogP contribution >= 0.6 is 0 Å². The summed E-state index contributed by atoms with van der Waals surface area (Å²) in [6.07, 6.45) is 1.69. The first-order chi connectivity index (χ1) is 10.1. The summed E-state index contributed by atoms with van der Waals surface area (Å²) < 4.78 is 47.3. The molecule has 1 atom stereocenters. The second kappa shape index (κ2) is 10.0. The lowest BCUT2D eigenvalue weighted by atomic mass is 10.3. The Hall–Kier alpha value is -0.870. The van der Waals surface area contributed by atoms with Gasteiger partial charge in [0.25, 0.3) is 0 Å². The highest BCUT2D eigenvalue weighted by Crippen LogP contribution is 1.95. The molecule has 0 saturated heterocycles. The maximum absolute atomic E-state index is 11.3. The number of rotatable bonds is 10. The number of sulfonamides is 1. The van der Waals surface area contributed by atoms with Crippen molar-refractivity contribution in [2.75, 3.05) is 37.4 Å². The fraction of sp³-hybridized carbons (Fsp3) is 0.917. The van der Waals surface area contributed by atoms with Crippen molar-refractivity contribution in [1.82, 2.24) is 15.4 Å². The molecule has 0 aromatic carbocycles. The van der Waals surface area contributed by atoms with Crippen LogP contribution in [0.4, 0.5) is 0 Å². The third-order valence-corrected chi connectivity index (χ3v) is 5.11. The van der Waals surface area contributed by atoms with Crippen LogP contribution in [0.25, 0.3) is 0 Å². The van der Waals surface area contributed by atoms with Gasteiger partial charge >= 0.3 is 0 Å². The molecule has 1 unspecified atom stereocenters. The van der Waals surface area contributed by atoms with Gasteiger partial charge in [-0.25, -0.2) is 21.6 Å². The Bertz CT molecular complexity index is 543. The molecule has 132 valence electrons. The molecule has 0 aromatic rings. The summed E-state index contributed by atoms with van der Waals surface area (Å²) in [4.78, 5) is 4.25. The van der Waals surface area contributed by atoms with Crippen LogP contribution in [0, 0.1) is 0 Å². The molecule has 0 spiro atoms. The van der Waals surface area contributed by atoms with Gasteiger partial charge < -0.3 is 10.6 Å². The predicted molar refractivity (Wildman–Crippen MR) is 90.4 cm³/mol. The number of nitrogens with zero attached hydrogens (tertiary/aromatic N) is 1. The minimum Gasteiger partial charge on any atom is -0.357 e. The van der Waals surface area contributed by atoms with E-state index in [4.69, 9.17) is 0 Å². The molecule has 0 saturated carbocycles. The van der Waals surface area contributed by atoms with Gasteiger partial charge in [-0.1, -0.05) is 0 Å². The highest BCUT2D eigenvalue weighted by atomic mass is 32.2. The summed E-state index contributed by atoms with van der Waals surface area (Å²) in [5.41, 5.74) is 0. The van der Waals surface area contributed by atoms with E-state index < -0.39 is 19.9 Å². The fourth-order valence-electron chi connectivity index (χ4n) is 1.49. The van der Waals surface area contributed by atoms with Crippen LogP contribution in [0.15, 0.2) is 4.99 Å². The monoisotopic (exact) mass is 356 g/mol. The van der Waals surface area contributed by atoms with Crippen LogP contribution in [-0.4, -0.2) is 66.2 Å². The highest BCUT2D eigenvalue weighted by molar-refractivity contribution is 7.90. The molecule has 0 aliphatic rings. The van der Waals surface area contributed by atoms with Crippen LogP contribution in [0.1, 0.15) is 27.2 Å². The van der Waals surface area contributed by atoms with E-state index in [-0.39, 0.29) is 24.1 Å². The second-order valence-electron chi connectivity index (χ2n) is 5.02. The van der Waals surface area contributed by atoms with E-state index in [2.05, 4.69) is 20.3 Å². The van der Waals surface area contributed by atoms with Crippen molar-refractivity contribution in [2.45, 2.75) is 33.2 Å². The predicted octanol–water partition coefficient (Wildman–Crippen LogP) is -0.696. The standard InChI is InChI=1S/C12H28N4O4S2/c1-5-13-12(14-8-9-15-22(19,20)6-2)16-11(3)7-10-21(4,17)18/h11,15H,5-10H2,1-4H3,(H2,13,14,16). The van der Waals surface area contributed by atoms with Gasteiger partial charge in [-0.3, -0.25) is 4.99 Å². The lowest BCUT2D eigenvalue weighted by Crippen LogP contribution is -2.43. The SMILES string of the molecule is CCNC(=NCCNS(=O)(=O)CC)NC(C)CCS(C)(=O)=O. The lowest BCUT2D eigenvalue weighted by molar-refractivity contribution is 0.580. The van der Waals surface area contributed by atoms with Gasteiger partial charge in [0.1, 0.15) is 9.84 Å². The molecule has 0 heterocycles. The van der Waals surface area contributed by atoms with Crippen LogP contribution in [0.3, 0.4) is 0 Å². The van der Waals surface area contributed by atoms with Gasteiger partial charge in [-0.15, -0.1) is 0 Å². The summed E-state index contributed by atoms with van der Waals surface area (Å²) in [7, 11) is -6.19. The van der Waals surface area contributed by atoms with E-state index in [1.165, 1.54) is 6.26 Å². The average molecular weight is 357 g/mol. The molecule has 0 aliphatic carbocycles. The summed E-state index contributed by atoms with van der Waals surface area (Å²) in [5.74, 6) is 0.688. The molecule has 10 heteroatoms. The average Bonchev–Trinajstić information content (AvgIpc) is 2.41. The third-order valence-electron chi connectivity index (χ3n) is 2.73. The van der Waals surface area contributed by atoms with Gasteiger partial charge in [-0.2, -0.15) is 0 Å². The van der Waals surface area contributed by atoms with Crippen molar-refractivity contribution < 1.29 is 16.8 Å². The molecule has 0 bridgehead atoms. The van der Waals surface area contributed by atoms with Crippen molar-refractivity contribution in [3.05, 3.63) is 0 Å². The summed E-state index contributed by atoms with van der Waals surface area (Å²) in [5, 5.41) is 6.13. The maximum Gasteiger partial charge on any atom is 0.211 e. The molecular formula is C12H28N4O4S2. The second-order valence-corrected chi connectivity index (χ2v) is 9.38. The first-order valence-corrected chi connectivity index (χ1v) is 11.0. The summed E-state index contributed by atoms with van der Waals surface area (Å²) in [6, 6.07) is -0.0557. The zero-order valence-corrected chi connectivity index (χ0v) is 15.3. The van der Waals surface area contributed by atoms with Gasteiger partial charge in [0.15, 0.2) is 5.96 Å². The van der Waals surface area contributed by atoms with Crippen LogP contribution < -0.4 is 15.4 Å². The minimum absolute atomic E-state index is 0.0392. The normalized spacial score (nSPS) is 14.6. The number of nitrogens with one attached hydrogen (secondary N) is 3. The maximum atomic E-state index is 11.3. The summed E-state index contributed by atoms with van der Waals surface area (Å²) in [6.45, 7) is 6.54. The Morgan fingerprint density at radius 1 is 1.18 bits per heavy atom. The van der Waals surface area contributed by atoms with E-state index >= 15 is 0 Å². The van der Waals surface area contributed by atoms with Gasteiger partial charge in [0.05, 0.1) is 18.1 Å². The smallest absolute Gasteiger partial charge is 0.211 e.